The third-order valence-corrected chi connectivity index (χ3v) is 4.17. The monoisotopic (exact) mass is 458 g/mol. The minimum absolute atomic E-state index is 0.165. The zero-order chi connectivity index (χ0) is 23.3. The number of benzene rings is 1. The van der Waals surface area contributed by atoms with Crippen LogP contribution in [-0.2, 0) is 9.59 Å². The minimum Gasteiger partial charge on any atom is -0.491 e. The van der Waals surface area contributed by atoms with E-state index < -0.39 is 6.03 Å². The summed E-state index contributed by atoms with van der Waals surface area (Å²) in [4.78, 5) is 42.0. The van der Waals surface area contributed by atoms with E-state index in [1.165, 1.54) is 19.2 Å². The number of carbonyl (C=O) groups is 3. The summed E-state index contributed by atoms with van der Waals surface area (Å²) in [6.45, 7) is 9.30. The second kappa shape index (κ2) is 12.8. The van der Waals surface area contributed by atoms with Gasteiger partial charge in [0.15, 0.2) is 0 Å². The van der Waals surface area contributed by atoms with Gasteiger partial charge in [-0.25, -0.2) is 9.64 Å². The highest BCUT2D eigenvalue weighted by atomic mass is 35.5. The van der Waals surface area contributed by atoms with Gasteiger partial charge in [-0.3, -0.25) is 19.9 Å². The molecule has 10 nitrogen and oxygen atoms in total. The largest absolute Gasteiger partial charge is 0.491 e. The Kier molecular flexibility index (Phi) is 9.74. The van der Waals surface area contributed by atoms with Crippen molar-refractivity contribution < 1.29 is 19.1 Å². The predicted molar refractivity (Wildman–Crippen MR) is 121 cm³/mol. The van der Waals surface area contributed by atoms with Gasteiger partial charge in [0.05, 0.1) is 18.9 Å². The molecule has 0 saturated carbocycles. The highest BCUT2D eigenvalue weighted by molar-refractivity contribution is 6.31. The highest BCUT2D eigenvalue weighted by Gasteiger charge is 2.10. The van der Waals surface area contributed by atoms with Gasteiger partial charge in [0, 0.05) is 37.7 Å². The Hall–Kier alpha value is -3.84. The highest BCUT2D eigenvalue weighted by Crippen LogP contribution is 2.28. The minimum atomic E-state index is -0.549. The number of nitrogens with one attached hydrogen (secondary N) is 4. The molecule has 2 rings (SSSR count). The molecule has 32 heavy (non-hydrogen) atoms. The van der Waals surface area contributed by atoms with Crippen LogP contribution in [0.4, 0.5) is 22.0 Å². The number of urea groups is 1. The molecule has 1 heterocycles. The van der Waals surface area contributed by atoms with Gasteiger partial charge in [0.25, 0.3) is 0 Å². The first kappa shape index (κ1) is 24.4. The van der Waals surface area contributed by atoms with E-state index in [4.69, 9.17) is 22.9 Å². The number of pyridine rings is 1. The van der Waals surface area contributed by atoms with Crippen molar-refractivity contribution in [1.82, 2.24) is 15.6 Å². The molecule has 0 aliphatic heterocycles. The molecule has 0 bridgehead atoms. The van der Waals surface area contributed by atoms with E-state index >= 15 is 0 Å². The topological polar surface area (TPSA) is 126 Å². The normalized spacial score (nSPS) is 9.91. The molecule has 0 atom stereocenters. The zero-order valence-electron chi connectivity index (χ0n) is 17.4. The van der Waals surface area contributed by atoms with E-state index in [9.17, 15) is 14.4 Å². The number of carbonyl (C=O) groups excluding carboxylic acids is 3. The smallest absolute Gasteiger partial charge is 0.324 e. The summed E-state index contributed by atoms with van der Waals surface area (Å²) >= 11 is 6.03. The first-order valence-corrected chi connectivity index (χ1v) is 10.1. The Morgan fingerprint density at radius 1 is 1.12 bits per heavy atom. The van der Waals surface area contributed by atoms with E-state index in [2.05, 4.69) is 31.1 Å². The quantitative estimate of drug-likeness (QED) is 0.321. The summed E-state index contributed by atoms with van der Waals surface area (Å²) in [5, 5.41) is 10.9. The lowest BCUT2D eigenvalue weighted by atomic mass is 10.3. The van der Waals surface area contributed by atoms with Crippen LogP contribution in [0.2, 0.25) is 5.02 Å². The molecule has 2 aromatic rings. The number of amides is 4. The predicted octanol–water partition coefficient (Wildman–Crippen LogP) is 3.34. The molecule has 0 spiro atoms. The van der Waals surface area contributed by atoms with Crippen LogP contribution in [0.5, 0.6) is 5.75 Å². The molecule has 0 fully saturated rings. The number of aromatic nitrogens is 1. The lowest BCUT2D eigenvalue weighted by Gasteiger charge is -2.14. The van der Waals surface area contributed by atoms with Crippen LogP contribution in [0.15, 0.2) is 36.5 Å². The van der Waals surface area contributed by atoms with Crippen LogP contribution in [-0.4, -0.2) is 42.5 Å². The molecular weight excluding hydrogens is 436 g/mol. The lowest BCUT2D eigenvalue weighted by Crippen LogP contribution is -2.30. The number of hydrogen-bond acceptors (Lipinski definition) is 5. The van der Waals surface area contributed by atoms with E-state index in [0.29, 0.717) is 48.3 Å². The number of halogens is 1. The van der Waals surface area contributed by atoms with E-state index in [1.54, 1.807) is 24.3 Å². The molecule has 1 aromatic carbocycles. The maximum absolute atomic E-state index is 12.3. The van der Waals surface area contributed by atoms with E-state index in [-0.39, 0.29) is 24.1 Å². The first-order valence-electron chi connectivity index (χ1n) is 9.72. The molecule has 0 aliphatic carbocycles. The van der Waals surface area contributed by atoms with Crippen molar-refractivity contribution >= 4 is 46.6 Å². The van der Waals surface area contributed by atoms with E-state index in [0.717, 1.165) is 0 Å². The first-order chi connectivity index (χ1) is 15.4. The number of hydrogen-bond donors (Lipinski definition) is 4. The van der Waals surface area contributed by atoms with Crippen LogP contribution < -0.4 is 26.0 Å². The average molecular weight is 459 g/mol. The van der Waals surface area contributed by atoms with Crippen LogP contribution in [0.25, 0.3) is 4.85 Å². The molecule has 4 N–H and O–H groups in total. The van der Waals surface area contributed by atoms with Gasteiger partial charge in [0.2, 0.25) is 17.5 Å². The SMILES string of the molecule is [C-]#[N+]c1ccc(NC(=O)Nc2cc(Cl)ccc2OCCCNC(=O)CCNC(C)=O)nc1. The van der Waals surface area contributed by atoms with Gasteiger partial charge in [-0.05, 0) is 30.7 Å². The molecule has 168 valence electrons. The average Bonchev–Trinajstić information content (AvgIpc) is 2.75. The van der Waals surface area contributed by atoms with Crippen molar-refractivity contribution in [2.45, 2.75) is 19.8 Å². The Bertz CT molecular complexity index is 991. The summed E-state index contributed by atoms with van der Waals surface area (Å²) in [5.74, 6) is 0.357. The van der Waals surface area contributed by atoms with Gasteiger partial charge >= 0.3 is 6.03 Å². The van der Waals surface area contributed by atoms with Gasteiger partial charge in [-0.2, -0.15) is 0 Å². The summed E-state index contributed by atoms with van der Waals surface area (Å²) in [6, 6.07) is 7.33. The Labute approximate surface area is 190 Å². The summed E-state index contributed by atoms with van der Waals surface area (Å²) in [7, 11) is 0. The second-order valence-electron chi connectivity index (χ2n) is 6.52. The van der Waals surface area contributed by atoms with Gasteiger partial charge in [-0.1, -0.05) is 17.7 Å². The van der Waals surface area contributed by atoms with Gasteiger partial charge in [0.1, 0.15) is 11.6 Å². The van der Waals surface area contributed by atoms with Crippen LogP contribution in [0.1, 0.15) is 19.8 Å². The van der Waals surface area contributed by atoms with Crippen molar-refractivity contribution in [1.29, 1.82) is 0 Å². The molecule has 0 saturated heterocycles. The molecule has 11 heteroatoms. The number of rotatable bonds is 10. The van der Waals surface area contributed by atoms with Crippen molar-refractivity contribution in [3.63, 3.8) is 0 Å². The fourth-order valence-corrected chi connectivity index (χ4v) is 2.62. The standard InChI is InChI=1S/C21H23ClN6O4/c1-14(29)24-10-8-20(30)25-9-3-11-32-18-6-4-15(22)12-17(18)27-21(31)28-19-7-5-16(23-2)13-26-19/h4-7,12-13H,3,8-11H2,1H3,(H,24,29)(H,25,30)(H2,26,27,28,31). The van der Waals surface area contributed by atoms with Crippen molar-refractivity contribution in [3.05, 3.63) is 53.0 Å². The summed E-state index contributed by atoms with van der Waals surface area (Å²) in [5.41, 5.74) is 0.734. The maximum Gasteiger partial charge on any atom is 0.324 e. The molecule has 1 aromatic heterocycles. The molecule has 4 amide bonds. The third-order valence-electron chi connectivity index (χ3n) is 3.94. The van der Waals surface area contributed by atoms with Crippen molar-refractivity contribution in [2.75, 3.05) is 30.3 Å². The number of anilines is 2. The molecular formula is C21H23ClN6O4. The summed E-state index contributed by atoms with van der Waals surface area (Å²) < 4.78 is 5.71. The molecule has 0 unspecified atom stereocenters. The van der Waals surface area contributed by atoms with Crippen LogP contribution in [0.3, 0.4) is 0 Å². The fraction of sp³-hybridized carbons (Fsp3) is 0.286. The zero-order valence-corrected chi connectivity index (χ0v) is 18.2. The third kappa shape index (κ3) is 8.89. The van der Waals surface area contributed by atoms with Gasteiger partial charge < -0.3 is 20.7 Å². The van der Waals surface area contributed by atoms with Crippen LogP contribution in [0, 0.1) is 6.57 Å². The number of nitrogens with zero attached hydrogens (tertiary/aromatic N) is 2. The van der Waals surface area contributed by atoms with Crippen LogP contribution >= 0.6 is 11.6 Å². The van der Waals surface area contributed by atoms with Crippen molar-refractivity contribution in [3.8, 4) is 5.75 Å². The summed E-state index contributed by atoms with van der Waals surface area (Å²) in [6.07, 6.45) is 2.10. The van der Waals surface area contributed by atoms with Crippen molar-refractivity contribution in [2.24, 2.45) is 0 Å². The van der Waals surface area contributed by atoms with E-state index in [1.807, 2.05) is 0 Å². The van der Waals surface area contributed by atoms with Gasteiger partial charge in [-0.15, -0.1) is 0 Å². The Morgan fingerprint density at radius 2 is 1.94 bits per heavy atom. The Morgan fingerprint density at radius 3 is 2.62 bits per heavy atom. The number of ether oxygens (including phenoxy) is 1. The Balaban J connectivity index is 1.80. The maximum atomic E-state index is 12.3. The second-order valence-corrected chi connectivity index (χ2v) is 6.95. The fourth-order valence-electron chi connectivity index (χ4n) is 2.44. The molecule has 0 radical (unpaired) electrons. The molecule has 0 aliphatic rings. The lowest BCUT2D eigenvalue weighted by molar-refractivity contribution is -0.121.